The van der Waals surface area contributed by atoms with E-state index in [9.17, 15) is 4.39 Å². The van der Waals surface area contributed by atoms with Crippen molar-refractivity contribution in [2.45, 2.75) is 6.92 Å². The summed E-state index contributed by atoms with van der Waals surface area (Å²) in [5.74, 6) is -0.541. The second kappa shape index (κ2) is 5.82. The first kappa shape index (κ1) is 13.7. The molecule has 0 spiro atoms. The maximum Gasteiger partial charge on any atom is 0.163 e. The van der Waals surface area contributed by atoms with E-state index in [0.717, 1.165) is 0 Å². The van der Waals surface area contributed by atoms with Gasteiger partial charge in [0.05, 0.1) is 5.69 Å². The van der Waals surface area contributed by atoms with E-state index >= 15 is 0 Å². The summed E-state index contributed by atoms with van der Waals surface area (Å²) in [6.45, 7) is 1.57. The van der Waals surface area contributed by atoms with Crippen LogP contribution in [0.2, 0.25) is 0 Å². The predicted octanol–water partition coefficient (Wildman–Crippen LogP) is 3.13. The minimum Gasteiger partial charge on any atom is -0.343 e. The summed E-state index contributed by atoms with van der Waals surface area (Å²) in [4.78, 5) is 0. The lowest BCUT2D eigenvalue weighted by Gasteiger charge is -2.08. The van der Waals surface area contributed by atoms with Gasteiger partial charge in [0.1, 0.15) is 29.7 Å². The van der Waals surface area contributed by atoms with Gasteiger partial charge in [-0.15, -0.1) is 0 Å². The summed E-state index contributed by atoms with van der Waals surface area (Å²) in [6, 6.07) is 7.80. The summed E-state index contributed by atoms with van der Waals surface area (Å²) in [5.41, 5.74) is -0.271. The Hall–Kier alpha value is -2.36. The van der Waals surface area contributed by atoms with E-state index in [1.54, 1.807) is 31.2 Å². The van der Waals surface area contributed by atoms with Crippen molar-refractivity contribution in [3.8, 4) is 18.2 Å². The lowest BCUT2D eigenvalue weighted by Crippen LogP contribution is -2.03. The van der Waals surface area contributed by atoms with Crippen molar-refractivity contribution in [2.24, 2.45) is 0 Å². The van der Waals surface area contributed by atoms with Crippen LogP contribution in [0.5, 0.6) is 0 Å². The predicted molar refractivity (Wildman–Crippen MR) is 66.3 cm³/mol. The monoisotopic (exact) mass is 304 g/mol. The zero-order valence-corrected chi connectivity index (χ0v) is 10.8. The highest BCUT2D eigenvalue weighted by Crippen LogP contribution is 2.25. The standard InChI is InChI=1S/C12H6BrFN4/c1-7-2-9(13)3-10(12(7)14)18-11(6-17)8(4-15)5-16/h2-3,18H,1H3. The van der Waals surface area contributed by atoms with Crippen LogP contribution in [0.3, 0.4) is 0 Å². The largest absolute Gasteiger partial charge is 0.343 e. The Labute approximate surface area is 112 Å². The minimum atomic E-state index is -0.541. The molecule has 0 heterocycles. The number of benzene rings is 1. The van der Waals surface area contributed by atoms with E-state index in [4.69, 9.17) is 15.8 Å². The summed E-state index contributed by atoms with van der Waals surface area (Å²) < 4.78 is 14.4. The van der Waals surface area contributed by atoms with Gasteiger partial charge in [0.15, 0.2) is 5.57 Å². The SMILES string of the molecule is Cc1cc(Br)cc(NC(C#N)=C(C#N)C#N)c1F. The second-order valence-electron chi connectivity index (χ2n) is 3.29. The molecule has 0 aliphatic rings. The normalized spacial score (nSPS) is 8.67. The van der Waals surface area contributed by atoms with Gasteiger partial charge in [-0.25, -0.2) is 4.39 Å². The first-order valence-corrected chi connectivity index (χ1v) is 5.50. The third-order valence-electron chi connectivity index (χ3n) is 2.06. The quantitative estimate of drug-likeness (QED) is 0.851. The molecular weight excluding hydrogens is 299 g/mol. The van der Waals surface area contributed by atoms with Crippen LogP contribution in [-0.4, -0.2) is 0 Å². The number of nitriles is 3. The molecule has 0 aliphatic carbocycles. The molecule has 0 atom stereocenters. The van der Waals surface area contributed by atoms with Gasteiger partial charge >= 0.3 is 0 Å². The molecule has 0 fully saturated rings. The van der Waals surface area contributed by atoms with Gasteiger partial charge in [-0.1, -0.05) is 15.9 Å². The fourth-order valence-corrected chi connectivity index (χ4v) is 1.81. The molecule has 0 aromatic heterocycles. The van der Waals surface area contributed by atoms with Crippen LogP contribution < -0.4 is 5.32 Å². The molecule has 0 radical (unpaired) electrons. The van der Waals surface area contributed by atoms with Gasteiger partial charge in [0.2, 0.25) is 0 Å². The fourth-order valence-electron chi connectivity index (χ4n) is 1.23. The Morgan fingerprint density at radius 2 is 1.83 bits per heavy atom. The Bertz CT molecular complexity index is 628. The fraction of sp³-hybridized carbons (Fsp3) is 0.0833. The summed E-state index contributed by atoms with van der Waals surface area (Å²) >= 11 is 3.19. The molecule has 0 aliphatic heterocycles. The van der Waals surface area contributed by atoms with E-state index in [2.05, 4.69) is 21.2 Å². The second-order valence-corrected chi connectivity index (χ2v) is 4.21. The molecule has 4 nitrogen and oxygen atoms in total. The molecule has 0 unspecified atom stereocenters. The number of hydrogen-bond donors (Lipinski definition) is 1. The van der Waals surface area contributed by atoms with Crippen molar-refractivity contribution in [1.29, 1.82) is 15.8 Å². The Morgan fingerprint density at radius 1 is 1.22 bits per heavy atom. The summed E-state index contributed by atoms with van der Waals surface area (Å²) in [7, 11) is 0. The van der Waals surface area contributed by atoms with Gasteiger partial charge in [0.25, 0.3) is 0 Å². The molecule has 1 N–H and O–H groups in total. The molecule has 1 aromatic rings. The number of nitrogens with one attached hydrogen (secondary N) is 1. The average molecular weight is 305 g/mol. The highest BCUT2D eigenvalue weighted by atomic mass is 79.9. The van der Waals surface area contributed by atoms with Gasteiger partial charge in [-0.2, -0.15) is 15.8 Å². The smallest absolute Gasteiger partial charge is 0.163 e. The number of anilines is 1. The minimum absolute atomic E-state index is 0.0291. The number of rotatable bonds is 2. The van der Waals surface area contributed by atoms with E-state index in [1.807, 2.05) is 0 Å². The van der Waals surface area contributed by atoms with Crippen molar-refractivity contribution in [3.63, 3.8) is 0 Å². The first-order valence-electron chi connectivity index (χ1n) is 4.70. The van der Waals surface area contributed by atoms with Crippen LogP contribution >= 0.6 is 15.9 Å². The highest BCUT2D eigenvalue weighted by molar-refractivity contribution is 9.10. The maximum atomic E-state index is 13.8. The number of aryl methyl sites for hydroxylation is 1. The maximum absolute atomic E-state index is 13.8. The third kappa shape index (κ3) is 2.85. The van der Waals surface area contributed by atoms with E-state index < -0.39 is 11.4 Å². The molecule has 1 rings (SSSR count). The molecule has 0 saturated heterocycles. The zero-order valence-electron chi connectivity index (χ0n) is 9.25. The Balaban J connectivity index is 3.30. The summed E-state index contributed by atoms with van der Waals surface area (Å²) in [6.07, 6.45) is 0. The lowest BCUT2D eigenvalue weighted by atomic mass is 10.2. The van der Waals surface area contributed by atoms with Crippen LogP contribution in [0, 0.1) is 46.7 Å². The first-order chi connectivity index (χ1) is 8.53. The van der Waals surface area contributed by atoms with Crippen LogP contribution in [0.4, 0.5) is 10.1 Å². The van der Waals surface area contributed by atoms with Gasteiger partial charge < -0.3 is 5.32 Å². The number of nitrogens with zero attached hydrogens (tertiary/aromatic N) is 3. The molecule has 0 amide bonds. The van der Waals surface area contributed by atoms with Crippen molar-refractivity contribution in [1.82, 2.24) is 0 Å². The molecular formula is C12H6BrFN4. The van der Waals surface area contributed by atoms with Crippen LogP contribution in [-0.2, 0) is 0 Å². The number of halogens is 2. The molecule has 88 valence electrons. The van der Waals surface area contributed by atoms with Crippen molar-refractivity contribution in [2.75, 3.05) is 5.32 Å². The zero-order chi connectivity index (χ0) is 13.7. The van der Waals surface area contributed by atoms with Crippen molar-refractivity contribution < 1.29 is 4.39 Å². The average Bonchev–Trinajstić information content (AvgIpc) is 2.35. The van der Waals surface area contributed by atoms with Crippen LogP contribution in [0.25, 0.3) is 0 Å². The molecule has 0 bridgehead atoms. The molecule has 0 saturated carbocycles. The van der Waals surface area contributed by atoms with Gasteiger partial charge in [0, 0.05) is 4.47 Å². The number of hydrogen-bond acceptors (Lipinski definition) is 4. The van der Waals surface area contributed by atoms with Gasteiger partial charge in [-0.05, 0) is 24.6 Å². The molecule has 1 aromatic carbocycles. The van der Waals surface area contributed by atoms with Crippen LogP contribution in [0.1, 0.15) is 5.56 Å². The Kier molecular flexibility index (Phi) is 4.43. The highest BCUT2D eigenvalue weighted by Gasteiger charge is 2.11. The van der Waals surface area contributed by atoms with E-state index in [1.165, 1.54) is 6.07 Å². The van der Waals surface area contributed by atoms with E-state index in [0.29, 0.717) is 10.0 Å². The third-order valence-corrected chi connectivity index (χ3v) is 2.52. The van der Waals surface area contributed by atoms with Crippen LogP contribution in [0.15, 0.2) is 27.9 Å². The summed E-state index contributed by atoms with van der Waals surface area (Å²) in [5, 5.41) is 28.6. The topological polar surface area (TPSA) is 83.4 Å². The number of allylic oxidation sites excluding steroid dienone is 2. The molecule has 18 heavy (non-hydrogen) atoms. The van der Waals surface area contributed by atoms with E-state index in [-0.39, 0.29) is 11.4 Å². The Morgan fingerprint density at radius 3 is 2.33 bits per heavy atom. The van der Waals surface area contributed by atoms with Gasteiger partial charge in [-0.3, -0.25) is 0 Å². The van der Waals surface area contributed by atoms with Crippen molar-refractivity contribution >= 4 is 21.6 Å². The molecule has 6 heteroatoms. The lowest BCUT2D eigenvalue weighted by molar-refractivity contribution is 0.622. The van der Waals surface area contributed by atoms with Crippen molar-refractivity contribution in [3.05, 3.63) is 39.3 Å².